The Kier molecular flexibility index (Phi) is 7.04. The first-order valence-electron chi connectivity index (χ1n) is 21.0. The molecule has 0 N–H and O–H groups in total. The van der Waals surface area contributed by atoms with Crippen LogP contribution >= 0.6 is 0 Å². The van der Waals surface area contributed by atoms with E-state index in [2.05, 4.69) is 205 Å². The van der Waals surface area contributed by atoms with Crippen molar-refractivity contribution in [3.8, 4) is 27.9 Å². The van der Waals surface area contributed by atoms with Gasteiger partial charge in [-0.1, -0.05) is 123 Å². The molecule has 12 aromatic rings. The molecular weight excluding hydrogens is 745 g/mol. The minimum atomic E-state index is -0.130. The van der Waals surface area contributed by atoms with Crippen LogP contribution in [0.4, 0.5) is 17.1 Å². The summed E-state index contributed by atoms with van der Waals surface area (Å²) in [4.78, 5) is 2.32. The Morgan fingerprint density at radius 3 is 1.87 bits per heavy atom. The van der Waals surface area contributed by atoms with Gasteiger partial charge in [-0.25, -0.2) is 0 Å². The van der Waals surface area contributed by atoms with Gasteiger partial charge in [-0.3, -0.25) is 0 Å². The van der Waals surface area contributed by atoms with E-state index in [-0.39, 0.29) is 5.41 Å². The molecule has 0 unspecified atom stereocenters. The third-order valence-electron chi connectivity index (χ3n) is 13.2. The summed E-state index contributed by atoms with van der Waals surface area (Å²) in [5, 5.41) is 6.91. The van der Waals surface area contributed by atoms with Gasteiger partial charge in [-0.05, 0) is 107 Å². The summed E-state index contributed by atoms with van der Waals surface area (Å²) in [7, 11) is 0. The molecule has 3 heterocycles. The topological polar surface area (TPSA) is 34.5 Å². The Hall–Kier alpha value is -7.82. The van der Waals surface area contributed by atoms with E-state index in [9.17, 15) is 0 Å². The Bertz CT molecular complexity index is 3730. The number of hydrogen-bond acceptors (Lipinski definition) is 3. The number of fused-ring (bicyclic) bond motifs is 12. The summed E-state index contributed by atoms with van der Waals surface area (Å²) in [5.74, 6) is 0. The normalized spacial score (nSPS) is 13.2. The van der Waals surface area contributed by atoms with Gasteiger partial charge in [0.1, 0.15) is 22.3 Å². The van der Waals surface area contributed by atoms with Gasteiger partial charge in [0.05, 0.1) is 11.0 Å². The van der Waals surface area contributed by atoms with Crippen LogP contribution < -0.4 is 4.90 Å². The van der Waals surface area contributed by atoms with E-state index in [1.165, 1.54) is 44.2 Å². The largest absolute Gasteiger partial charge is 0.456 e. The summed E-state index contributed by atoms with van der Waals surface area (Å²) in [6, 6.07) is 69.9. The zero-order chi connectivity index (χ0) is 40.4. The summed E-state index contributed by atoms with van der Waals surface area (Å²) in [6.07, 6.45) is 0. The van der Waals surface area contributed by atoms with Crippen molar-refractivity contribution in [2.24, 2.45) is 0 Å². The van der Waals surface area contributed by atoms with Gasteiger partial charge in [0.2, 0.25) is 0 Å². The molecule has 0 atom stereocenters. The van der Waals surface area contributed by atoms with E-state index in [1.807, 2.05) is 12.1 Å². The number of hydrogen-bond donors (Lipinski definition) is 0. The van der Waals surface area contributed by atoms with Crippen molar-refractivity contribution in [3.05, 3.63) is 205 Å². The average molecular weight is 783 g/mol. The second-order valence-electron chi connectivity index (χ2n) is 16.9. The van der Waals surface area contributed by atoms with E-state index >= 15 is 0 Å². The smallest absolute Gasteiger partial charge is 0.138 e. The van der Waals surface area contributed by atoms with Gasteiger partial charge < -0.3 is 18.3 Å². The molecule has 1 aliphatic carbocycles. The maximum atomic E-state index is 6.77. The van der Waals surface area contributed by atoms with E-state index in [1.54, 1.807) is 0 Å². The second-order valence-corrected chi connectivity index (χ2v) is 16.9. The van der Waals surface area contributed by atoms with Crippen molar-refractivity contribution in [2.75, 3.05) is 4.90 Å². The highest BCUT2D eigenvalue weighted by atomic mass is 16.3. The number of aromatic nitrogens is 1. The summed E-state index contributed by atoms with van der Waals surface area (Å²) < 4.78 is 15.4. The zero-order valence-corrected chi connectivity index (χ0v) is 33.7. The van der Waals surface area contributed by atoms with Crippen molar-refractivity contribution < 1.29 is 8.83 Å². The third-order valence-corrected chi connectivity index (χ3v) is 13.2. The van der Waals surface area contributed by atoms with Crippen molar-refractivity contribution in [2.45, 2.75) is 19.3 Å². The molecule has 61 heavy (non-hydrogen) atoms. The minimum absolute atomic E-state index is 0.130. The van der Waals surface area contributed by atoms with Crippen LogP contribution in [0.5, 0.6) is 0 Å². The number of nitrogens with zero attached hydrogens (tertiary/aromatic N) is 2. The molecule has 3 aromatic heterocycles. The van der Waals surface area contributed by atoms with E-state index in [0.717, 1.165) is 77.7 Å². The molecule has 13 rings (SSSR count). The SMILES string of the molecule is CC1(C)c2ccccc2-c2ccc(-c3c4c(cc5c3c3ccccc3n5-c3ccc(N(c5ccccc5)c5ccc6oc7ccccc7c6c5)cc3)oc3ccccc34)cc21. The zero-order valence-electron chi connectivity index (χ0n) is 33.7. The number of furan rings is 2. The molecule has 0 saturated heterocycles. The fourth-order valence-electron chi connectivity index (χ4n) is 10.4. The lowest BCUT2D eigenvalue weighted by Crippen LogP contribution is -2.14. The number of anilines is 3. The van der Waals surface area contributed by atoms with Gasteiger partial charge in [0.15, 0.2) is 0 Å². The van der Waals surface area contributed by atoms with E-state index in [0.29, 0.717) is 0 Å². The molecule has 0 radical (unpaired) electrons. The Morgan fingerprint density at radius 2 is 1.03 bits per heavy atom. The standard InChI is InChI=1S/C57H38N2O2/c1-57(2)46-20-10-6-16-40(46)41-30-24-35(32-47(41)57)54-55-43-18-7-11-21-48(43)59(49(55)34-53-56(54)44-19-9-13-23-51(44)61-53)38-27-25-37(26-28-38)58(36-14-4-3-5-15-36)39-29-31-52-45(33-39)42-17-8-12-22-50(42)60-52/h3-34H,1-2H3. The van der Waals surface area contributed by atoms with Crippen LogP contribution in [0.15, 0.2) is 203 Å². The molecule has 0 aliphatic heterocycles. The second kappa shape index (κ2) is 12.6. The molecule has 0 saturated carbocycles. The number of rotatable bonds is 5. The molecule has 0 spiro atoms. The fraction of sp³-hybridized carbons (Fsp3) is 0.0526. The first-order valence-corrected chi connectivity index (χ1v) is 21.0. The Morgan fingerprint density at radius 1 is 0.410 bits per heavy atom. The number of para-hydroxylation sites is 4. The van der Waals surface area contributed by atoms with Crippen LogP contribution in [0.25, 0.3) is 93.6 Å². The Balaban J connectivity index is 1.03. The van der Waals surface area contributed by atoms with Gasteiger partial charge in [0.25, 0.3) is 0 Å². The minimum Gasteiger partial charge on any atom is -0.456 e. The van der Waals surface area contributed by atoms with Crippen LogP contribution in [0.3, 0.4) is 0 Å². The third kappa shape index (κ3) is 4.87. The molecule has 0 fully saturated rings. The maximum absolute atomic E-state index is 6.77. The predicted octanol–water partition coefficient (Wildman–Crippen LogP) is 16.0. The van der Waals surface area contributed by atoms with Crippen LogP contribution in [-0.4, -0.2) is 4.57 Å². The monoisotopic (exact) mass is 782 g/mol. The molecule has 288 valence electrons. The van der Waals surface area contributed by atoms with Crippen molar-refractivity contribution in [1.29, 1.82) is 0 Å². The Labute approximate surface area is 352 Å². The molecule has 4 nitrogen and oxygen atoms in total. The summed E-state index contributed by atoms with van der Waals surface area (Å²) in [5.41, 5.74) is 17.7. The van der Waals surface area contributed by atoms with Crippen molar-refractivity contribution in [1.82, 2.24) is 4.57 Å². The first kappa shape index (κ1) is 34.1. The molecule has 1 aliphatic rings. The molecule has 0 amide bonds. The molecule has 0 bridgehead atoms. The predicted molar refractivity (Wildman–Crippen MR) is 253 cm³/mol. The molecule has 4 heteroatoms. The highest BCUT2D eigenvalue weighted by molar-refractivity contribution is 6.27. The number of benzene rings is 9. The lowest BCUT2D eigenvalue weighted by atomic mass is 9.81. The van der Waals surface area contributed by atoms with Gasteiger partial charge in [-0.15, -0.1) is 0 Å². The summed E-state index contributed by atoms with van der Waals surface area (Å²) >= 11 is 0. The van der Waals surface area contributed by atoms with E-state index in [4.69, 9.17) is 8.83 Å². The van der Waals surface area contributed by atoms with E-state index < -0.39 is 0 Å². The fourth-order valence-corrected chi connectivity index (χ4v) is 10.4. The summed E-state index contributed by atoms with van der Waals surface area (Å²) in [6.45, 7) is 4.72. The van der Waals surface area contributed by atoms with Gasteiger partial charge in [0, 0.05) is 72.1 Å². The first-order chi connectivity index (χ1) is 30.0. The van der Waals surface area contributed by atoms with Crippen LogP contribution in [-0.2, 0) is 5.41 Å². The quantitative estimate of drug-likeness (QED) is 0.174. The average Bonchev–Trinajstić information content (AvgIpc) is 4.03. The van der Waals surface area contributed by atoms with Crippen molar-refractivity contribution >= 4 is 82.7 Å². The van der Waals surface area contributed by atoms with Gasteiger partial charge >= 0.3 is 0 Å². The van der Waals surface area contributed by atoms with Crippen LogP contribution in [0, 0.1) is 0 Å². The maximum Gasteiger partial charge on any atom is 0.138 e. The van der Waals surface area contributed by atoms with Crippen molar-refractivity contribution in [3.63, 3.8) is 0 Å². The van der Waals surface area contributed by atoms with Crippen LogP contribution in [0.1, 0.15) is 25.0 Å². The van der Waals surface area contributed by atoms with Crippen LogP contribution in [0.2, 0.25) is 0 Å². The highest BCUT2D eigenvalue weighted by Gasteiger charge is 2.36. The van der Waals surface area contributed by atoms with Gasteiger partial charge in [-0.2, -0.15) is 0 Å². The lowest BCUT2D eigenvalue weighted by Gasteiger charge is -2.26. The highest BCUT2D eigenvalue weighted by Crippen LogP contribution is 2.52. The molecule has 9 aromatic carbocycles. The lowest BCUT2D eigenvalue weighted by molar-refractivity contribution is 0.660. The molecular formula is C57H38N2O2.